The van der Waals surface area contributed by atoms with Crippen LogP contribution in [0.25, 0.3) is 0 Å². The zero-order valence-corrected chi connectivity index (χ0v) is 5.74. The average molecular weight is 153 g/mol. The quantitative estimate of drug-likeness (QED) is 0.507. The Hall–Kier alpha value is -1.52. The number of nitrogens with one attached hydrogen (secondary N) is 1. The predicted octanol–water partition coefficient (Wildman–Crippen LogP) is -0.177. The summed E-state index contributed by atoms with van der Waals surface area (Å²) in [5, 5.41) is 9.71. The van der Waals surface area contributed by atoms with Crippen LogP contribution in [0.1, 0.15) is 0 Å². The number of hydrogen-bond donors (Lipinski definition) is 2. The van der Waals surface area contributed by atoms with E-state index in [9.17, 15) is 4.79 Å². The number of allylic oxidation sites excluding steroid dienone is 1. The fourth-order valence-corrected chi connectivity index (χ4v) is 1.16. The van der Waals surface area contributed by atoms with Gasteiger partial charge in [0.1, 0.15) is 0 Å². The molecule has 2 aliphatic heterocycles. The molecule has 5 heteroatoms. The van der Waals surface area contributed by atoms with Crippen LogP contribution in [-0.4, -0.2) is 35.5 Å². The minimum absolute atomic E-state index is 0.435. The zero-order chi connectivity index (χ0) is 7.84. The average Bonchev–Trinajstić information content (AvgIpc) is 2.40. The van der Waals surface area contributed by atoms with Crippen molar-refractivity contribution in [3.05, 3.63) is 11.3 Å². The highest BCUT2D eigenvalue weighted by Gasteiger charge is 2.25. The van der Waals surface area contributed by atoms with Crippen molar-refractivity contribution < 1.29 is 9.90 Å². The van der Waals surface area contributed by atoms with E-state index in [2.05, 4.69) is 10.4 Å². The van der Waals surface area contributed by atoms with E-state index in [-0.39, 0.29) is 0 Å². The van der Waals surface area contributed by atoms with Gasteiger partial charge in [-0.25, -0.2) is 9.80 Å². The molecule has 0 aromatic carbocycles. The first-order chi connectivity index (χ1) is 5.27. The number of carboxylic acid groups (broad SMARTS) is 1. The maximum atomic E-state index is 10.4. The second-order valence-electron chi connectivity index (χ2n) is 2.47. The van der Waals surface area contributed by atoms with Crippen LogP contribution in [0.2, 0.25) is 0 Å². The van der Waals surface area contributed by atoms with Gasteiger partial charge in [0, 0.05) is 6.21 Å². The number of nitrogens with zero attached hydrogens (tertiary/aromatic N) is 2. The van der Waals surface area contributed by atoms with Crippen molar-refractivity contribution in [2.45, 2.75) is 0 Å². The Kier molecular flexibility index (Phi) is 1.12. The van der Waals surface area contributed by atoms with Gasteiger partial charge >= 0.3 is 6.09 Å². The Bertz CT molecular complexity index is 269. The molecule has 0 fully saturated rings. The standard InChI is InChI=1S/C6H7N3O2/c10-6(11)9-3-4-1-7-2-5(4)8-9/h2,8H,1,3H2,(H,10,11). The molecule has 2 aliphatic rings. The molecule has 0 bridgehead atoms. The van der Waals surface area contributed by atoms with Crippen molar-refractivity contribution in [3.8, 4) is 0 Å². The van der Waals surface area contributed by atoms with Crippen LogP contribution >= 0.6 is 0 Å². The zero-order valence-electron chi connectivity index (χ0n) is 5.74. The molecule has 2 N–H and O–H groups in total. The van der Waals surface area contributed by atoms with E-state index in [0.717, 1.165) is 16.3 Å². The lowest BCUT2D eigenvalue weighted by Crippen LogP contribution is -2.37. The van der Waals surface area contributed by atoms with E-state index in [1.807, 2.05) is 0 Å². The van der Waals surface area contributed by atoms with Gasteiger partial charge < -0.3 is 5.11 Å². The van der Waals surface area contributed by atoms with Crippen molar-refractivity contribution in [3.63, 3.8) is 0 Å². The molecule has 2 heterocycles. The first kappa shape index (κ1) is 6.21. The van der Waals surface area contributed by atoms with Crippen molar-refractivity contribution in [1.29, 1.82) is 0 Å². The molecular formula is C6H7N3O2. The summed E-state index contributed by atoms with van der Waals surface area (Å²) < 4.78 is 0. The molecule has 0 aromatic rings. The van der Waals surface area contributed by atoms with Crippen molar-refractivity contribution in [1.82, 2.24) is 10.4 Å². The SMILES string of the molecule is O=C(O)N1CC2=C(C=NC2)N1. The van der Waals surface area contributed by atoms with Crippen LogP contribution in [0.15, 0.2) is 16.3 Å². The van der Waals surface area contributed by atoms with Crippen molar-refractivity contribution in [2.24, 2.45) is 4.99 Å². The van der Waals surface area contributed by atoms with Crippen LogP contribution in [-0.2, 0) is 0 Å². The number of carbonyl (C=O) groups is 1. The first-order valence-corrected chi connectivity index (χ1v) is 3.26. The Labute approximate surface area is 63.0 Å². The van der Waals surface area contributed by atoms with Gasteiger partial charge in [-0.05, 0) is 5.57 Å². The number of rotatable bonds is 0. The highest BCUT2D eigenvalue weighted by atomic mass is 16.4. The van der Waals surface area contributed by atoms with E-state index in [1.165, 1.54) is 0 Å². The monoisotopic (exact) mass is 153 g/mol. The van der Waals surface area contributed by atoms with Crippen molar-refractivity contribution >= 4 is 12.3 Å². The molecular weight excluding hydrogens is 146 g/mol. The molecule has 0 aromatic heterocycles. The summed E-state index contributed by atoms with van der Waals surface area (Å²) in [6.45, 7) is 1.07. The van der Waals surface area contributed by atoms with Gasteiger partial charge in [-0.2, -0.15) is 0 Å². The minimum atomic E-state index is -0.951. The van der Waals surface area contributed by atoms with Crippen LogP contribution in [0, 0.1) is 0 Å². The summed E-state index contributed by atoms with van der Waals surface area (Å²) in [6.07, 6.45) is 0.714. The number of hydrogen-bond acceptors (Lipinski definition) is 3. The topological polar surface area (TPSA) is 64.9 Å². The molecule has 1 amide bonds. The largest absolute Gasteiger partial charge is 0.464 e. The van der Waals surface area contributed by atoms with Crippen LogP contribution in [0.4, 0.5) is 4.79 Å². The van der Waals surface area contributed by atoms with Gasteiger partial charge in [-0.1, -0.05) is 0 Å². The van der Waals surface area contributed by atoms with Gasteiger partial charge in [0.2, 0.25) is 0 Å². The molecule has 0 unspecified atom stereocenters. The van der Waals surface area contributed by atoms with E-state index in [0.29, 0.717) is 13.1 Å². The summed E-state index contributed by atoms with van der Waals surface area (Å²) in [6, 6.07) is 0. The normalized spacial score (nSPS) is 20.5. The van der Waals surface area contributed by atoms with Crippen LogP contribution < -0.4 is 5.43 Å². The van der Waals surface area contributed by atoms with Crippen LogP contribution in [0.3, 0.4) is 0 Å². The lowest BCUT2D eigenvalue weighted by atomic mass is 10.2. The maximum absolute atomic E-state index is 10.4. The number of amides is 1. The highest BCUT2D eigenvalue weighted by Crippen LogP contribution is 2.15. The molecule has 0 atom stereocenters. The summed E-state index contributed by atoms with van der Waals surface area (Å²) in [5.74, 6) is 0. The Balaban J connectivity index is 2.11. The molecule has 0 spiro atoms. The summed E-state index contributed by atoms with van der Waals surface area (Å²) in [7, 11) is 0. The van der Waals surface area contributed by atoms with E-state index in [1.54, 1.807) is 6.21 Å². The predicted molar refractivity (Wildman–Crippen MR) is 38.3 cm³/mol. The molecule has 11 heavy (non-hydrogen) atoms. The maximum Gasteiger partial charge on any atom is 0.426 e. The molecule has 0 saturated heterocycles. The third-order valence-corrected chi connectivity index (χ3v) is 1.72. The first-order valence-electron chi connectivity index (χ1n) is 3.26. The number of aliphatic imine (C=N–C) groups is 1. The third-order valence-electron chi connectivity index (χ3n) is 1.72. The fourth-order valence-electron chi connectivity index (χ4n) is 1.16. The van der Waals surface area contributed by atoms with Crippen molar-refractivity contribution in [2.75, 3.05) is 13.1 Å². The van der Waals surface area contributed by atoms with Gasteiger partial charge in [0.05, 0.1) is 18.8 Å². The minimum Gasteiger partial charge on any atom is -0.464 e. The second kappa shape index (κ2) is 1.98. The van der Waals surface area contributed by atoms with E-state index in [4.69, 9.17) is 5.11 Å². The molecule has 0 aliphatic carbocycles. The smallest absolute Gasteiger partial charge is 0.426 e. The lowest BCUT2D eigenvalue weighted by molar-refractivity contribution is 0.140. The lowest BCUT2D eigenvalue weighted by Gasteiger charge is -2.12. The molecule has 0 saturated carbocycles. The van der Waals surface area contributed by atoms with Gasteiger partial charge in [-0.3, -0.25) is 10.4 Å². The summed E-state index contributed by atoms with van der Waals surface area (Å²) >= 11 is 0. The Morgan fingerprint density at radius 1 is 1.82 bits per heavy atom. The Morgan fingerprint density at radius 3 is 3.27 bits per heavy atom. The highest BCUT2D eigenvalue weighted by molar-refractivity contribution is 5.84. The molecule has 0 radical (unpaired) electrons. The fraction of sp³-hybridized carbons (Fsp3) is 0.333. The second-order valence-corrected chi connectivity index (χ2v) is 2.47. The summed E-state index contributed by atoms with van der Waals surface area (Å²) in [5.41, 5.74) is 4.61. The number of hydrazine groups is 1. The van der Waals surface area contributed by atoms with Gasteiger partial charge in [-0.15, -0.1) is 0 Å². The van der Waals surface area contributed by atoms with Crippen LogP contribution in [0.5, 0.6) is 0 Å². The molecule has 5 nitrogen and oxygen atoms in total. The molecule has 2 rings (SSSR count). The summed E-state index contributed by atoms with van der Waals surface area (Å²) in [4.78, 5) is 14.4. The van der Waals surface area contributed by atoms with Gasteiger partial charge in [0.25, 0.3) is 0 Å². The molecule has 58 valence electrons. The van der Waals surface area contributed by atoms with E-state index < -0.39 is 6.09 Å². The Morgan fingerprint density at radius 2 is 2.64 bits per heavy atom. The third kappa shape index (κ3) is 0.849. The van der Waals surface area contributed by atoms with Gasteiger partial charge in [0.15, 0.2) is 0 Å². The van der Waals surface area contributed by atoms with E-state index >= 15 is 0 Å².